The molecule has 0 unspecified atom stereocenters. The molecule has 0 spiro atoms. The molecule has 0 fully saturated rings. The van der Waals surface area contributed by atoms with Gasteiger partial charge in [-0.3, -0.25) is 0 Å². The van der Waals surface area contributed by atoms with Crippen LogP contribution < -0.4 is 9.47 Å². The van der Waals surface area contributed by atoms with Crippen LogP contribution in [-0.4, -0.2) is 17.7 Å². The van der Waals surface area contributed by atoms with Gasteiger partial charge < -0.3 is 14.6 Å². The van der Waals surface area contributed by atoms with Crippen molar-refractivity contribution in [2.75, 3.05) is 6.61 Å². The Morgan fingerprint density at radius 2 is 2.00 bits per heavy atom. The molecule has 0 aliphatic heterocycles. The van der Waals surface area contributed by atoms with Crippen molar-refractivity contribution in [3.8, 4) is 11.5 Å². The molecule has 1 N–H and O–H groups in total. The monoisotopic (exact) mass is 208 g/mol. The molecule has 80 valence electrons. The lowest BCUT2D eigenvalue weighted by Crippen LogP contribution is -2.07. The average Bonchev–Trinajstić information content (AvgIpc) is 2.21. The first-order chi connectivity index (χ1) is 7.15. The summed E-state index contributed by atoms with van der Waals surface area (Å²) in [6, 6.07) is 6.83. The van der Waals surface area contributed by atoms with Crippen molar-refractivity contribution in [1.29, 1.82) is 0 Å². The van der Waals surface area contributed by atoms with Gasteiger partial charge in [0.25, 0.3) is 0 Å². The molecule has 0 saturated heterocycles. The zero-order chi connectivity index (χ0) is 11.3. The second-order valence-electron chi connectivity index (χ2n) is 2.71. The van der Waals surface area contributed by atoms with E-state index in [9.17, 15) is 4.79 Å². The Labute approximate surface area is 87.7 Å². The Kier molecular flexibility index (Phi) is 3.74. The minimum Gasteiger partial charge on any atom is -0.490 e. The number of hydrogen-bond acceptors (Lipinski definition) is 3. The van der Waals surface area contributed by atoms with Crippen molar-refractivity contribution in [3.63, 3.8) is 0 Å². The number of carboxylic acid groups (broad SMARTS) is 1. The number of benzene rings is 1. The zero-order valence-electron chi connectivity index (χ0n) is 8.40. The van der Waals surface area contributed by atoms with Crippen molar-refractivity contribution in [3.05, 3.63) is 36.6 Å². The summed E-state index contributed by atoms with van der Waals surface area (Å²) in [5.74, 6) is -0.669. The summed E-state index contributed by atoms with van der Waals surface area (Å²) < 4.78 is 10.3. The summed E-state index contributed by atoms with van der Waals surface area (Å²) >= 11 is 0. The van der Waals surface area contributed by atoms with E-state index in [2.05, 4.69) is 6.58 Å². The molecule has 0 saturated carbocycles. The summed E-state index contributed by atoms with van der Waals surface area (Å²) in [5, 5.41) is 8.60. The van der Waals surface area contributed by atoms with Gasteiger partial charge in [-0.15, -0.1) is 0 Å². The van der Waals surface area contributed by atoms with Gasteiger partial charge in [-0.1, -0.05) is 12.1 Å². The van der Waals surface area contributed by atoms with Crippen LogP contribution in [0.3, 0.4) is 0 Å². The van der Waals surface area contributed by atoms with Crippen LogP contribution in [0.4, 0.5) is 0 Å². The molecule has 0 aliphatic carbocycles. The number of para-hydroxylation sites is 2. The van der Waals surface area contributed by atoms with Crippen LogP contribution in [0.2, 0.25) is 0 Å². The molecule has 0 radical (unpaired) electrons. The first-order valence-corrected chi connectivity index (χ1v) is 4.47. The quantitative estimate of drug-likeness (QED) is 0.594. The SMILES string of the molecule is C=C(Oc1ccccc1OCC)C(=O)O. The van der Waals surface area contributed by atoms with E-state index in [0.29, 0.717) is 18.1 Å². The molecule has 0 atom stereocenters. The molecule has 0 bridgehead atoms. The molecule has 1 rings (SSSR count). The van der Waals surface area contributed by atoms with Crippen molar-refractivity contribution in [2.24, 2.45) is 0 Å². The highest BCUT2D eigenvalue weighted by Crippen LogP contribution is 2.27. The lowest BCUT2D eigenvalue weighted by atomic mass is 10.3. The van der Waals surface area contributed by atoms with Crippen molar-refractivity contribution >= 4 is 5.97 Å². The third-order valence-corrected chi connectivity index (χ3v) is 1.62. The van der Waals surface area contributed by atoms with Gasteiger partial charge in [-0.25, -0.2) is 4.79 Å². The first kappa shape index (κ1) is 11.1. The normalized spacial score (nSPS) is 9.40. The molecular weight excluding hydrogens is 196 g/mol. The van der Waals surface area contributed by atoms with Crippen LogP contribution in [0.15, 0.2) is 36.6 Å². The van der Waals surface area contributed by atoms with Gasteiger partial charge in [-0.05, 0) is 25.6 Å². The van der Waals surface area contributed by atoms with Crippen LogP contribution in [0.25, 0.3) is 0 Å². The van der Waals surface area contributed by atoms with Gasteiger partial charge in [0.2, 0.25) is 5.76 Å². The van der Waals surface area contributed by atoms with E-state index in [0.717, 1.165) is 0 Å². The van der Waals surface area contributed by atoms with E-state index in [1.165, 1.54) is 0 Å². The summed E-state index contributed by atoms with van der Waals surface area (Å²) in [7, 11) is 0. The van der Waals surface area contributed by atoms with Crippen LogP contribution >= 0.6 is 0 Å². The van der Waals surface area contributed by atoms with E-state index >= 15 is 0 Å². The average molecular weight is 208 g/mol. The Morgan fingerprint density at radius 1 is 1.40 bits per heavy atom. The largest absolute Gasteiger partial charge is 0.490 e. The molecule has 0 heterocycles. The third kappa shape index (κ3) is 3.02. The first-order valence-electron chi connectivity index (χ1n) is 4.47. The van der Waals surface area contributed by atoms with E-state index in [4.69, 9.17) is 14.6 Å². The van der Waals surface area contributed by atoms with Crippen molar-refractivity contribution in [2.45, 2.75) is 6.92 Å². The molecule has 4 heteroatoms. The van der Waals surface area contributed by atoms with E-state index in [1.54, 1.807) is 24.3 Å². The maximum Gasteiger partial charge on any atom is 0.371 e. The fourth-order valence-corrected chi connectivity index (χ4v) is 0.986. The minimum atomic E-state index is -1.19. The van der Waals surface area contributed by atoms with Gasteiger partial charge in [0.15, 0.2) is 11.5 Å². The van der Waals surface area contributed by atoms with Crippen LogP contribution in [-0.2, 0) is 4.79 Å². The summed E-state index contributed by atoms with van der Waals surface area (Å²) in [6.07, 6.45) is 0. The zero-order valence-corrected chi connectivity index (χ0v) is 8.40. The maximum absolute atomic E-state index is 10.5. The predicted molar refractivity (Wildman–Crippen MR) is 55.0 cm³/mol. The van der Waals surface area contributed by atoms with E-state index in [1.807, 2.05) is 6.92 Å². The highest BCUT2D eigenvalue weighted by atomic mass is 16.5. The Balaban J connectivity index is 2.84. The Hall–Kier alpha value is -1.97. The van der Waals surface area contributed by atoms with Crippen LogP contribution in [0, 0.1) is 0 Å². The molecular formula is C11H12O4. The number of aliphatic carboxylic acids is 1. The van der Waals surface area contributed by atoms with Crippen molar-refractivity contribution in [1.82, 2.24) is 0 Å². The second kappa shape index (κ2) is 5.05. The van der Waals surface area contributed by atoms with Crippen molar-refractivity contribution < 1.29 is 19.4 Å². The standard InChI is InChI=1S/C11H12O4/c1-3-14-9-6-4-5-7-10(9)15-8(2)11(12)13/h4-7H,2-3H2,1H3,(H,12,13). The van der Waals surface area contributed by atoms with Gasteiger partial charge in [0.05, 0.1) is 6.61 Å². The number of carbonyl (C=O) groups is 1. The lowest BCUT2D eigenvalue weighted by molar-refractivity contribution is -0.135. The molecule has 0 aliphatic rings. The van der Waals surface area contributed by atoms with Gasteiger partial charge >= 0.3 is 5.97 Å². The second-order valence-corrected chi connectivity index (χ2v) is 2.71. The van der Waals surface area contributed by atoms with E-state index < -0.39 is 5.97 Å². The summed E-state index contributed by atoms with van der Waals surface area (Å²) in [5.41, 5.74) is 0. The van der Waals surface area contributed by atoms with Gasteiger partial charge in [0, 0.05) is 0 Å². The number of ether oxygens (including phenoxy) is 2. The van der Waals surface area contributed by atoms with Gasteiger partial charge in [-0.2, -0.15) is 0 Å². The number of carboxylic acids is 1. The predicted octanol–water partition coefficient (Wildman–Crippen LogP) is 2.06. The molecule has 1 aromatic rings. The minimum absolute atomic E-state index is 0.331. The van der Waals surface area contributed by atoms with Gasteiger partial charge in [0.1, 0.15) is 0 Å². The molecule has 0 amide bonds. The topological polar surface area (TPSA) is 55.8 Å². The number of rotatable bonds is 5. The van der Waals surface area contributed by atoms with Crippen LogP contribution in [0.5, 0.6) is 11.5 Å². The Morgan fingerprint density at radius 3 is 2.53 bits per heavy atom. The maximum atomic E-state index is 10.5. The summed E-state index contributed by atoms with van der Waals surface area (Å²) in [6.45, 7) is 5.60. The fourth-order valence-electron chi connectivity index (χ4n) is 0.986. The highest BCUT2D eigenvalue weighted by molar-refractivity contribution is 5.84. The Bertz CT molecular complexity index is 371. The lowest BCUT2D eigenvalue weighted by Gasteiger charge is -2.10. The smallest absolute Gasteiger partial charge is 0.371 e. The highest BCUT2D eigenvalue weighted by Gasteiger charge is 2.10. The molecule has 0 aromatic heterocycles. The molecule has 15 heavy (non-hydrogen) atoms. The number of hydrogen-bond donors (Lipinski definition) is 1. The molecule has 4 nitrogen and oxygen atoms in total. The third-order valence-electron chi connectivity index (χ3n) is 1.62. The molecule has 1 aromatic carbocycles. The fraction of sp³-hybridized carbons (Fsp3) is 0.182. The van der Waals surface area contributed by atoms with E-state index in [-0.39, 0.29) is 5.76 Å². The van der Waals surface area contributed by atoms with Crippen LogP contribution in [0.1, 0.15) is 6.92 Å². The summed E-state index contributed by atoms with van der Waals surface area (Å²) in [4.78, 5) is 10.5.